The van der Waals surface area contributed by atoms with Crippen molar-refractivity contribution in [3.8, 4) is 39.1 Å². The van der Waals surface area contributed by atoms with Crippen LogP contribution in [0.2, 0.25) is 0 Å². The van der Waals surface area contributed by atoms with Gasteiger partial charge >= 0.3 is 0 Å². The van der Waals surface area contributed by atoms with E-state index in [4.69, 9.17) is 4.42 Å². The number of hydrogen-bond donors (Lipinski definition) is 0. The van der Waals surface area contributed by atoms with Gasteiger partial charge in [0.1, 0.15) is 11.2 Å². The standard InChI is InChI=1S/C58H38N2O/c1-2-14-43-38-47(36-33-39(43)13-1)59(53-22-7-5-19-50(53)51-21-12-26-57-58(51)52-20-6-10-25-56(52)61-57)45-34-31-41(32-35-45)40-27-29-42(30-28-40)44-15-11-16-46(37-44)60-54-23-8-3-17-48(54)49-18-4-9-24-55(49)60/h1-38H. The van der Waals surface area contributed by atoms with Gasteiger partial charge in [0.25, 0.3) is 0 Å². The third kappa shape index (κ3) is 5.90. The molecule has 0 unspecified atom stereocenters. The van der Waals surface area contributed by atoms with Crippen LogP contribution < -0.4 is 4.90 Å². The van der Waals surface area contributed by atoms with E-state index in [1.54, 1.807) is 0 Å². The van der Waals surface area contributed by atoms with Crippen LogP contribution in [-0.4, -0.2) is 4.57 Å². The third-order valence-corrected chi connectivity index (χ3v) is 12.2. The predicted octanol–water partition coefficient (Wildman–Crippen LogP) is 16.3. The fourth-order valence-electron chi connectivity index (χ4n) is 9.32. The van der Waals surface area contributed by atoms with Gasteiger partial charge in [-0.3, -0.25) is 0 Å². The Bertz CT molecular complexity index is 3540. The molecule has 0 aliphatic carbocycles. The summed E-state index contributed by atoms with van der Waals surface area (Å²) in [5.74, 6) is 0. The van der Waals surface area contributed by atoms with E-state index >= 15 is 0 Å². The number of aromatic nitrogens is 1. The Balaban J connectivity index is 0.920. The molecule has 12 rings (SSSR count). The van der Waals surface area contributed by atoms with Crippen LogP contribution in [0.1, 0.15) is 0 Å². The van der Waals surface area contributed by atoms with Crippen molar-refractivity contribution >= 4 is 71.6 Å². The number of fused-ring (bicyclic) bond motifs is 7. The van der Waals surface area contributed by atoms with Crippen LogP contribution in [0.25, 0.3) is 93.6 Å². The zero-order valence-electron chi connectivity index (χ0n) is 33.2. The molecule has 0 saturated carbocycles. The molecule has 2 aromatic heterocycles. The summed E-state index contributed by atoms with van der Waals surface area (Å²) in [5.41, 5.74) is 15.6. The van der Waals surface area contributed by atoms with Gasteiger partial charge in [0.2, 0.25) is 0 Å². The van der Waals surface area contributed by atoms with Gasteiger partial charge in [-0.2, -0.15) is 0 Å². The van der Waals surface area contributed by atoms with E-state index in [9.17, 15) is 0 Å². The van der Waals surface area contributed by atoms with Crippen molar-refractivity contribution in [2.24, 2.45) is 0 Å². The van der Waals surface area contributed by atoms with E-state index < -0.39 is 0 Å². The van der Waals surface area contributed by atoms with Gasteiger partial charge in [0.05, 0.1) is 16.7 Å². The van der Waals surface area contributed by atoms with Gasteiger partial charge < -0.3 is 13.9 Å². The maximum absolute atomic E-state index is 6.35. The van der Waals surface area contributed by atoms with Crippen LogP contribution in [0.5, 0.6) is 0 Å². The summed E-state index contributed by atoms with van der Waals surface area (Å²) in [6, 6.07) is 82.9. The van der Waals surface area contributed by atoms with Gasteiger partial charge in [0.15, 0.2) is 0 Å². The van der Waals surface area contributed by atoms with Crippen LogP contribution in [0.15, 0.2) is 235 Å². The Morgan fingerprint density at radius 3 is 1.67 bits per heavy atom. The molecule has 0 amide bonds. The normalized spacial score (nSPS) is 11.6. The first kappa shape index (κ1) is 34.9. The molecule has 0 aliphatic rings. The molecule has 0 N–H and O–H groups in total. The minimum absolute atomic E-state index is 0.886. The largest absolute Gasteiger partial charge is 0.456 e. The molecule has 2 heterocycles. The SMILES string of the molecule is c1cc(-c2ccc(-c3ccc(N(c4ccc5ccccc5c4)c4ccccc4-c4cccc5oc6ccccc6c45)cc3)cc2)cc(-n2c3ccccc3c3ccccc32)c1. The minimum Gasteiger partial charge on any atom is -0.456 e. The summed E-state index contributed by atoms with van der Waals surface area (Å²) < 4.78 is 8.73. The lowest BCUT2D eigenvalue weighted by Crippen LogP contribution is -2.11. The molecule has 3 heteroatoms. The molecule has 12 aromatic rings. The summed E-state index contributed by atoms with van der Waals surface area (Å²) in [7, 11) is 0. The van der Waals surface area contributed by atoms with Crippen molar-refractivity contribution < 1.29 is 4.42 Å². The monoisotopic (exact) mass is 778 g/mol. The van der Waals surface area contributed by atoms with E-state index in [1.165, 1.54) is 49.3 Å². The Hall–Kier alpha value is -8.14. The van der Waals surface area contributed by atoms with Crippen molar-refractivity contribution in [3.05, 3.63) is 231 Å². The maximum Gasteiger partial charge on any atom is 0.136 e. The Labute approximate surface area is 353 Å². The van der Waals surface area contributed by atoms with Gasteiger partial charge in [-0.1, -0.05) is 164 Å². The number of para-hydroxylation sites is 4. The molecule has 0 radical (unpaired) electrons. The number of anilines is 3. The first-order chi connectivity index (χ1) is 30.2. The second kappa shape index (κ2) is 14.3. The molecule has 10 aromatic carbocycles. The van der Waals surface area contributed by atoms with E-state index in [0.717, 1.165) is 61.4 Å². The fourth-order valence-corrected chi connectivity index (χ4v) is 9.32. The molecule has 0 fully saturated rings. The lowest BCUT2D eigenvalue weighted by atomic mass is 9.96. The number of rotatable bonds is 7. The summed E-state index contributed by atoms with van der Waals surface area (Å²) in [6.07, 6.45) is 0. The lowest BCUT2D eigenvalue weighted by Gasteiger charge is -2.28. The Morgan fingerprint density at radius 1 is 0.344 bits per heavy atom. The van der Waals surface area contributed by atoms with Crippen molar-refractivity contribution in [2.75, 3.05) is 4.90 Å². The second-order valence-electron chi connectivity index (χ2n) is 15.7. The van der Waals surface area contributed by atoms with Crippen molar-refractivity contribution in [1.29, 1.82) is 0 Å². The summed E-state index contributed by atoms with van der Waals surface area (Å²) in [4.78, 5) is 2.39. The highest BCUT2D eigenvalue weighted by Gasteiger charge is 2.21. The van der Waals surface area contributed by atoms with E-state index in [0.29, 0.717) is 0 Å². The first-order valence-corrected chi connectivity index (χ1v) is 20.8. The highest BCUT2D eigenvalue weighted by molar-refractivity contribution is 6.14. The Kier molecular flexibility index (Phi) is 8.17. The molecule has 61 heavy (non-hydrogen) atoms. The second-order valence-corrected chi connectivity index (χ2v) is 15.7. The van der Waals surface area contributed by atoms with Gasteiger partial charge in [-0.25, -0.2) is 0 Å². The van der Waals surface area contributed by atoms with E-state index in [2.05, 4.69) is 228 Å². The molecular weight excluding hydrogens is 741 g/mol. The molecule has 286 valence electrons. The van der Waals surface area contributed by atoms with Crippen LogP contribution >= 0.6 is 0 Å². The third-order valence-electron chi connectivity index (χ3n) is 12.2. The molecule has 0 atom stereocenters. The molecule has 3 nitrogen and oxygen atoms in total. The zero-order chi connectivity index (χ0) is 40.3. The smallest absolute Gasteiger partial charge is 0.136 e. The number of benzene rings is 10. The van der Waals surface area contributed by atoms with Crippen molar-refractivity contribution in [2.45, 2.75) is 0 Å². The van der Waals surface area contributed by atoms with Gasteiger partial charge in [-0.15, -0.1) is 0 Å². The average Bonchev–Trinajstić information content (AvgIpc) is 3.88. The lowest BCUT2D eigenvalue weighted by molar-refractivity contribution is 0.669. The number of furan rings is 1. The Morgan fingerprint density at radius 2 is 0.902 bits per heavy atom. The average molecular weight is 779 g/mol. The molecule has 0 spiro atoms. The predicted molar refractivity (Wildman–Crippen MR) is 257 cm³/mol. The zero-order valence-corrected chi connectivity index (χ0v) is 33.2. The number of hydrogen-bond acceptors (Lipinski definition) is 2. The van der Waals surface area contributed by atoms with E-state index in [1.807, 2.05) is 12.1 Å². The summed E-state index contributed by atoms with van der Waals surface area (Å²) in [6.45, 7) is 0. The quantitative estimate of drug-likeness (QED) is 0.161. The van der Waals surface area contributed by atoms with Gasteiger partial charge in [-0.05, 0) is 105 Å². The number of nitrogens with zero attached hydrogens (tertiary/aromatic N) is 2. The molecule has 0 aliphatic heterocycles. The highest BCUT2D eigenvalue weighted by Crippen LogP contribution is 2.45. The van der Waals surface area contributed by atoms with Crippen molar-refractivity contribution in [1.82, 2.24) is 4.57 Å². The van der Waals surface area contributed by atoms with Crippen LogP contribution in [0, 0.1) is 0 Å². The van der Waals surface area contributed by atoms with Crippen molar-refractivity contribution in [3.63, 3.8) is 0 Å². The fraction of sp³-hybridized carbons (Fsp3) is 0. The van der Waals surface area contributed by atoms with Crippen LogP contribution in [0.4, 0.5) is 17.1 Å². The highest BCUT2D eigenvalue weighted by atomic mass is 16.3. The van der Waals surface area contributed by atoms with Crippen LogP contribution in [-0.2, 0) is 0 Å². The summed E-state index contributed by atoms with van der Waals surface area (Å²) >= 11 is 0. The maximum atomic E-state index is 6.35. The van der Waals surface area contributed by atoms with Gasteiger partial charge in [0, 0.05) is 44.2 Å². The molecule has 0 saturated heterocycles. The minimum atomic E-state index is 0.886. The topological polar surface area (TPSA) is 21.3 Å². The van der Waals surface area contributed by atoms with Crippen LogP contribution in [0.3, 0.4) is 0 Å². The molecule has 0 bridgehead atoms. The molecular formula is C58H38N2O. The summed E-state index contributed by atoms with van der Waals surface area (Å²) in [5, 5.41) is 7.19. The first-order valence-electron chi connectivity index (χ1n) is 20.8. The van der Waals surface area contributed by atoms with E-state index in [-0.39, 0.29) is 0 Å².